The number of phenolic OH excluding ortho intramolecular Hbond substituents is 1. The van der Waals surface area contributed by atoms with Crippen molar-refractivity contribution in [2.75, 3.05) is 0 Å². The van der Waals surface area contributed by atoms with Crippen molar-refractivity contribution in [2.45, 2.75) is 146 Å². The summed E-state index contributed by atoms with van der Waals surface area (Å²) in [5.41, 5.74) is 12.2. The zero-order chi connectivity index (χ0) is 40.9. The molecule has 0 aliphatic carbocycles. The lowest BCUT2D eigenvalue weighted by atomic mass is 9.95. The molecule has 0 fully saturated rings. The standard InChI is InChI=1S/C53H70O3/c1-39(2)21-15-22-40(3)23-16-24-41(4)25-17-26-42(5)27-18-28-43(6)29-19-30-44(7)31-20-32-45(8)37-38-48-46(9)51(54)49-35-13-14-36-50(49)52(48)56-53(55)47-33-11-10-12-34-47/h10-14,21,23,25,27,29,31,33-37,54H,15-20,22,24,26,28,30,32,38H2,1-9H3. The Morgan fingerprint density at radius 2 is 0.893 bits per heavy atom. The van der Waals surface area contributed by atoms with Gasteiger partial charge in [-0.15, -0.1) is 0 Å². The van der Waals surface area contributed by atoms with E-state index in [1.807, 2.05) is 49.4 Å². The van der Waals surface area contributed by atoms with Gasteiger partial charge in [0.15, 0.2) is 0 Å². The first-order chi connectivity index (χ1) is 26.8. The molecule has 0 unspecified atom stereocenters. The van der Waals surface area contributed by atoms with Crippen LogP contribution in [0, 0.1) is 6.92 Å². The summed E-state index contributed by atoms with van der Waals surface area (Å²) in [5.74, 6) is 0.356. The summed E-state index contributed by atoms with van der Waals surface area (Å²) in [4.78, 5) is 13.1. The van der Waals surface area contributed by atoms with Crippen LogP contribution >= 0.6 is 0 Å². The maximum atomic E-state index is 13.1. The fourth-order valence-corrected chi connectivity index (χ4v) is 6.86. The van der Waals surface area contributed by atoms with Gasteiger partial charge < -0.3 is 9.84 Å². The Morgan fingerprint density at radius 1 is 0.518 bits per heavy atom. The minimum Gasteiger partial charge on any atom is -0.507 e. The molecule has 1 N–H and O–H groups in total. The van der Waals surface area contributed by atoms with Gasteiger partial charge in [0, 0.05) is 16.3 Å². The maximum Gasteiger partial charge on any atom is 0.343 e. The normalized spacial score (nSPS) is 13.4. The molecule has 0 atom stereocenters. The number of rotatable bonds is 22. The average molecular weight is 755 g/mol. The minimum absolute atomic E-state index is 0.236. The molecule has 3 aromatic carbocycles. The lowest BCUT2D eigenvalue weighted by Gasteiger charge is -2.17. The van der Waals surface area contributed by atoms with Gasteiger partial charge in [-0.05, 0) is 163 Å². The molecule has 0 spiro atoms. The molecule has 0 radical (unpaired) electrons. The molecule has 300 valence electrons. The van der Waals surface area contributed by atoms with Gasteiger partial charge in [0.1, 0.15) is 11.5 Å². The van der Waals surface area contributed by atoms with Gasteiger partial charge in [-0.1, -0.05) is 124 Å². The smallest absolute Gasteiger partial charge is 0.343 e. The van der Waals surface area contributed by atoms with Crippen LogP contribution in [0.25, 0.3) is 10.8 Å². The van der Waals surface area contributed by atoms with Crippen molar-refractivity contribution in [3.63, 3.8) is 0 Å². The molecule has 0 saturated heterocycles. The van der Waals surface area contributed by atoms with E-state index in [1.165, 1.54) is 45.4 Å². The molecule has 0 aliphatic heterocycles. The van der Waals surface area contributed by atoms with Gasteiger partial charge in [-0.3, -0.25) is 0 Å². The van der Waals surface area contributed by atoms with Gasteiger partial charge in [0.25, 0.3) is 0 Å². The zero-order valence-electron chi connectivity index (χ0n) is 36.2. The van der Waals surface area contributed by atoms with Crippen molar-refractivity contribution >= 4 is 16.7 Å². The number of carbonyl (C=O) groups is 1. The number of aromatic hydroxyl groups is 1. The van der Waals surface area contributed by atoms with Crippen LogP contribution in [0.5, 0.6) is 11.5 Å². The molecule has 3 nitrogen and oxygen atoms in total. The summed E-state index contributed by atoms with van der Waals surface area (Å²) >= 11 is 0. The predicted octanol–water partition coefficient (Wildman–Crippen LogP) is 15.9. The predicted molar refractivity (Wildman–Crippen MR) is 243 cm³/mol. The Labute approximate surface area is 340 Å². The number of benzene rings is 3. The molecular weight excluding hydrogens is 685 g/mol. The Bertz CT molecular complexity index is 1940. The number of hydrogen-bond donors (Lipinski definition) is 1. The number of allylic oxidation sites excluding steroid dienone is 14. The minimum atomic E-state index is -0.402. The molecular formula is C53H70O3. The monoisotopic (exact) mass is 755 g/mol. The SMILES string of the molecule is CC(C)=CCCC(C)=CCCC(C)=CCCC(C)=CCCC(C)=CCCC(C)=CCCC(C)=CCc1c(C)c(O)c2ccccc2c1OC(=O)c1ccccc1. The molecule has 3 heteroatoms. The molecule has 56 heavy (non-hydrogen) atoms. The fraction of sp³-hybridized carbons (Fsp3) is 0.415. The van der Waals surface area contributed by atoms with Crippen molar-refractivity contribution in [3.05, 3.63) is 153 Å². The van der Waals surface area contributed by atoms with E-state index in [-0.39, 0.29) is 5.75 Å². The highest BCUT2D eigenvalue weighted by atomic mass is 16.5. The van der Waals surface area contributed by atoms with Gasteiger partial charge in [0.2, 0.25) is 0 Å². The number of hydrogen-bond acceptors (Lipinski definition) is 3. The molecule has 0 bridgehead atoms. The number of fused-ring (bicyclic) bond motifs is 1. The highest BCUT2D eigenvalue weighted by molar-refractivity contribution is 5.99. The first-order valence-electron chi connectivity index (χ1n) is 20.9. The van der Waals surface area contributed by atoms with Crippen LogP contribution in [0.4, 0.5) is 0 Å². The third-order valence-electron chi connectivity index (χ3n) is 10.6. The van der Waals surface area contributed by atoms with Crippen LogP contribution in [0.2, 0.25) is 0 Å². The largest absolute Gasteiger partial charge is 0.507 e. The highest BCUT2D eigenvalue weighted by Gasteiger charge is 2.20. The fourth-order valence-electron chi connectivity index (χ4n) is 6.86. The number of ether oxygens (including phenoxy) is 1. The molecule has 0 aliphatic rings. The summed E-state index contributed by atoms with van der Waals surface area (Å²) in [5, 5.41) is 12.5. The van der Waals surface area contributed by atoms with Crippen LogP contribution < -0.4 is 4.74 Å². The molecule has 0 heterocycles. The molecule has 3 rings (SSSR count). The van der Waals surface area contributed by atoms with Gasteiger partial charge in [-0.2, -0.15) is 0 Å². The second kappa shape index (κ2) is 24.8. The quantitative estimate of drug-likeness (QED) is 0.0631. The Hall–Kier alpha value is -4.63. The zero-order valence-corrected chi connectivity index (χ0v) is 36.2. The third kappa shape index (κ3) is 16.6. The van der Waals surface area contributed by atoms with E-state index in [4.69, 9.17) is 4.74 Å². The van der Waals surface area contributed by atoms with Crippen LogP contribution in [-0.4, -0.2) is 11.1 Å². The van der Waals surface area contributed by atoms with E-state index in [2.05, 4.69) is 97.9 Å². The molecule has 0 saturated carbocycles. The Kier molecular flexibility index (Phi) is 20.3. The second-order valence-corrected chi connectivity index (χ2v) is 16.1. The number of phenols is 1. The van der Waals surface area contributed by atoms with E-state index in [9.17, 15) is 9.90 Å². The van der Waals surface area contributed by atoms with Crippen molar-refractivity contribution in [2.24, 2.45) is 0 Å². The van der Waals surface area contributed by atoms with Crippen LogP contribution in [0.15, 0.2) is 136 Å². The van der Waals surface area contributed by atoms with E-state index < -0.39 is 5.97 Å². The summed E-state index contributed by atoms with van der Waals surface area (Å²) in [6.45, 7) is 19.7. The van der Waals surface area contributed by atoms with Crippen LogP contribution in [0.1, 0.15) is 154 Å². The summed E-state index contributed by atoms with van der Waals surface area (Å²) in [6.07, 6.45) is 30.4. The van der Waals surface area contributed by atoms with E-state index in [0.717, 1.165) is 87.1 Å². The molecule has 3 aromatic rings. The van der Waals surface area contributed by atoms with Crippen molar-refractivity contribution in [3.8, 4) is 11.5 Å². The first-order valence-corrected chi connectivity index (χ1v) is 20.9. The highest BCUT2D eigenvalue weighted by Crippen LogP contribution is 2.41. The van der Waals surface area contributed by atoms with Gasteiger partial charge in [0.05, 0.1) is 5.56 Å². The second-order valence-electron chi connectivity index (χ2n) is 16.1. The van der Waals surface area contributed by atoms with Crippen molar-refractivity contribution in [1.29, 1.82) is 0 Å². The van der Waals surface area contributed by atoms with Crippen molar-refractivity contribution in [1.82, 2.24) is 0 Å². The summed E-state index contributed by atoms with van der Waals surface area (Å²) < 4.78 is 6.06. The lowest BCUT2D eigenvalue weighted by molar-refractivity contribution is 0.0735. The topological polar surface area (TPSA) is 46.5 Å². The first kappa shape index (κ1) is 45.8. The van der Waals surface area contributed by atoms with E-state index in [1.54, 1.807) is 12.1 Å². The van der Waals surface area contributed by atoms with Crippen LogP contribution in [0.3, 0.4) is 0 Å². The van der Waals surface area contributed by atoms with E-state index in [0.29, 0.717) is 23.1 Å². The molecule has 0 aromatic heterocycles. The Morgan fingerprint density at radius 3 is 1.32 bits per heavy atom. The summed E-state index contributed by atoms with van der Waals surface area (Å²) in [7, 11) is 0. The summed E-state index contributed by atoms with van der Waals surface area (Å²) in [6, 6.07) is 16.6. The van der Waals surface area contributed by atoms with Crippen LogP contribution in [-0.2, 0) is 6.42 Å². The third-order valence-corrected chi connectivity index (χ3v) is 10.6. The Balaban J connectivity index is 1.42. The van der Waals surface area contributed by atoms with Gasteiger partial charge >= 0.3 is 5.97 Å². The lowest BCUT2D eigenvalue weighted by Crippen LogP contribution is -2.11. The number of carbonyl (C=O) groups excluding carboxylic acids is 1. The van der Waals surface area contributed by atoms with Gasteiger partial charge in [-0.25, -0.2) is 4.79 Å². The average Bonchev–Trinajstić information content (AvgIpc) is 3.16. The maximum absolute atomic E-state index is 13.1. The number of esters is 1. The van der Waals surface area contributed by atoms with E-state index >= 15 is 0 Å². The van der Waals surface area contributed by atoms with Crippen molar-refractivity contribution < 1.29 is 14.6 Å². The molecule has 0 amide bonds.